The van der Waals surface area contributed by atoms with E-state index in [1.807, 2.05) is 7.05 Å². The van der Waals surface area contributed by atoms with Crippen LogP contribution >= 0.6 is 45.9 Å². The first kappa shape index (κ1) is 24.6. The Morgan fingerprint density at radius 2 is 1.94 bits per heavy atom. The molecule has 0 atom stereocenters. The molecular formula is C22H20Cl2N4O4S2. The number of anilines is 1. The number of aromatic nitrogens is 1. The Kier molecular flexibility index (Phi) is 7.54. The quantitative estimate of drug-likeness (QED) is 0.449. The van der Waals surface area contributed by atoms with Gasteiger partial charge in [0.05, 0.1) is 38.3 Å². The van der Waals surface area contributed by atoms with Crippen LogP contribution in [0.25, 0.3) is 0 Å². The number of likely N-dealkylation sites (N-methyl/N-ethyl adjacent to an activating group) is 1. The van der Waals surface area contributed by atoms with Crippen molar-refractivity contribution in [1.82, 2.24) is 15.2 Å². The van der Waals surface area contributed by atoms with E-state index >= 15 is 0 Å². The van der Waals surface area contributed by atoms with Gasteiger partial charge in [-0.3, -0.25) is 9.59 Å². The number of carbonyl (C=O) groups excluding carboxylic acids is 3. The van der Waals surface area contributed by atoms with E-state index in [4.69, 9.17) is 27.9 Å². The van der Waals surface area contributed by atoms with Crippen molar-refractivity contribution in [3.8, 4) is 0 Å². The van der Waals surface area contributed by atoms with Crippen LogP contribution in [-0.2, 0) is 24.2 Å². The standard InChI is InChI=1S/C22H20Cl2N4O4S2/c1-28-8-7-13-15(10-28)34-21(26-13)20(30)27-18-11(3-4-12(17(18)24)22(31)32-2)9-25-19(29)14-5-6-16(23)33-14/h3-6H,7-10H2,1-2H3,(H,25,29)(H,27,30). The average Bonchev–Trinajstić information content (AvgIpc) is 3.44. The smallest absolute Gasteiger partial charge is 0.339 e. The minimum Gasteiger partial charge on any atom is -0.465 e. The SMILES string of the molecule is COC(=O)c1ccc(CNC(=O)c2ccc(Cl)s2)c(NC(=O)c2nc3c(s2)CN(C)CC3)c1Cl. The molecule has 178 valence electrons. The van der Waals surface area contributed by atoms with Gasteiger partial charge in [-0.25, -0.2) is 9.78 Å². The number of carbonyl (C=O) groups is 3. The molecule has 3 aromatic rings. The minimum atomic E-state index is -0.642. The van der Waals surface area contributed by atoms with Gasteiger partial charge in [0.15, 0.2) is 5.01 Å². The van der Waals surface area contributed by atoms with Crippen LogP contribution in [0.1, 0.15) is 46.0 Å². The van der Waals surface area contributed by atoms with Gasteiger partial charge in [-0.2, -0.15) is 0 Å². The molecule has 2 aromatic heterocycles. The zero-order valence-corrected chi connectivity index (χ0v) is 21.4. The predicted molar refractivity (Wildman–Crippen MR) is 133 cm³/mol. The van der Waals surface area contributed by atoms with Gasteiger partial charge in [0.2, 0.25) is 0 Å². The number of benzene rings is 1. The highest BCUT2D eigenvalue weighted by Gasteiger charge is 2.24. The summed E-state index contributed by atoms with van der Waals surface area (Å²) in [5.41, 5.74) is 1.75. The second-order valence-corrected chi connectivity index (χ2v) is 10.7. The predicted octanol–water partition coefficient (Wildman–Crippen LogP) is 4.47. The molecule has 0 radical (unpaired) electrons. The first-order chi connectivity index (χ1) is 16.3. The molecule has 2 amide bonds. The third-order valence-electron chi connectivity index (χ3n) is 5.22. The van der Waals surface area contributed by atoms with E-state index in [1.54, 1.807) is 18.2 Å². The van der Waals surface area contributed by atoms with E-state index in [2.05, 4.69) is 20.5 Å². The molecule has 0 saturated carbocycles. The molecule has 2 N–H and O–H groups in total. The number of amides is 2. The van der Waals surface area contributed by atoms with Crippen molar-refractivity contribution in [2.24, 2.45) is 0 Å². The van der Waals surface area contributed by atoms with E-state index in [-0.39, 0.29) is 28.7 Å². The van der Waals surface area contributed by atoms with E-state index < -0.39 is 11.9 Å². The molecule has 0 unspecified atom stereocenters. The van der Waals surface area contributed by atoms with Crippen LogP contribution in [0.5, 0.6) is 0 Å². The van der Waals surface area contributed by atoms with Gasteiger partial charge in [-0.05, 0) is 30.8 Å². The third kappa shape index (κ3) is 5.26. The van der Waals surface area contributed by atoms with Gasteiger partial charge >= 0.3 is 5.97 Å². The Morgan fingerprint density at radius 1 is 1.15 bits per heavy atom. The van der Waals surface area contributed by atoms with Gasteiger partial charge in [0.25, 0.3) is 11.8 Å². The highest BCUT2D eigenvalue weighted by atomic mass is 35.5. The number of rotatable bonds is 6. The highest BCUT2D eigenvalue weighted by molar-refractivity contribution is 7.18. The number of fused-ring (bicyclic) bond motifs is 1. The summed E-state index contributed by atoms with van der Waals surface area (Å²) >= 11 is 14.9. The average molecular weight is 539 g/mol. The third-order valence-corrected chi connectivity index (χ3v) is 7.93. The van der Waals surface area contributed by atoms with E-state index in [0.717, 1.165) is 41.4 Å². The zero-order valence-electron chi connectivity index (χ0n) is 18.2. The van der Waals surface area contributed by atoms with Crippen LogP contribution in [0.3, 0.4) is 0 Å². The normalized spacial score (nSPS) is 13.3. The Bertz CT molecular complexity index is 1270. The molecule has 0 bridgehead atoms. The first-order valence-electron chi connectivity index (χ1n) is 10.2. The molecule has 4 rings (SSSR count). The van der Waals surface area contributed by atoms with Crippen molar-refractivity contribution < 1.29 is 19.1 Å². The van der Waals surface area contributed by atoms with Crippen LogP contribution < -0.4 is 10.6 Å². The number of nitrogens with zero attached hydrogens (tertiary/aromatic N) is 2. The van der Waals surface area contributed by atoms with Gasteiger partial charge in [-0.1, -0.05) is 29.3 Å². The number of halogens is 2. The van der Waals surface area contributed by atoms with Crippen molar-refractivity contribution in [2.75, 3.05) is 26.0 Å². The molecule has 3 heterocycles. The summed E-state index contributed by atoms with van der Waals surface area (Å²) in [5, 5.41) is 5.90. The number of hydrogen-bond donors (Lipinski definition) is 2. The number of esters is 1. The maximum Gasteiger partial charge on any atom is 0.339 e. The number of thiazole rings is 1. The summed E-state index contributed by atoms with van der Waals surface area (Å²) in [7, 11) is 3.26. The lowest BCUT2D eigenvalue weighted by Gasteiger charge is -2.20. The fourth-order valence-corrected chi connectivity index (χ4v) is 5.80. The molecular weight excluding hydrogens is 519 g/mol. The van der Waals surface area contributed by atoms with Gasteiger partial charge in [-0.15, -0.1) is 22.7 Å². The molecule has 1 aromatic carbocycles. The number of hydrogen-bond acceptors (Lipinski definition) is 8. The maximum atomic E-state index is 13.1. The lowest BCUT2D eigenvalue weighted by atomic mass is 10.1. The summed E-state index contributed by atoms with van der Waals surface area (Å²) in [6.45, 7) is 1.68. The van der Waals surface area contributed by atoms with Crippen LogP contribution in [0, 0.1) is 0 Å². The Balaban J connectivity index is 1.60. The van der Waals surface area contributed by atoms with Gasteiger partial charge in [0, 0.05) is 30.9 Å². The van der Waals surface area contributed by atoms with Gasteiger partial charge in [0.1, 0.15) is 0 Å². The van der Waals surface area contributed by atoms with Crippen LogP contribution in [0.15, 0.2) is 24.3 Å². The monoisotopic (exact) mass is 538 g/mol. The number of thiophene rings is 1. The fraction of sp³-hybridized carbons (Fsp3) is 0.273. The summed E-state index contributed by atoms with van der Waals surface area (Å²) in [4.78, 5) is 45.9. The topological polar surface area (TPSA) is 101 Å². The van der Waals surface area contributed by atoms with Crippen LogP contribution in [-0.4, -0.2) is 48.4 Å². The molecule has 1 aliphatic heterocycles. The zero-order chi connectivity index (χ0) is 24.4. The maximum absolute atomic E-state index is 13.1. The minimum absolute atomic E-state index is 0.0205. The fourth-order valence-electron chi connectivity index (χ4n) is 3.45. The second-order valence-electron chi connectivity index (χ2n) is 7.57. The summed E-state index contributed by atoms with van der Waals surface area (Å²) < 4.78 is 5.29. The second kappa shape index (κ2) is 10.4. The highest BCUT2D eigenvalue weighted by Crippen LogP contribution is 2.32. The Hall–Kier alpha value is -2.50. The molecule has 0 spiro atoms. The summed E-state index contributed by atoms with van der Waals surface area (Å²) in [6.07, 6.45) is 0.776. The lowest BCUT2D eigenvalue weighted by Crippen LogP contribution is -2.25. The summed E-state index contributed by atoms with van der Waals surface area (Å²) in [5.74, 6) is -1.40. The largest absolute Gasteiger partial charge is 0.465 e. The Morgan fingerprint density at radius 3 is 2.65 bits per heavy atom. The van der Waals surface area contributed by atoms with Crippen LogP contribution in [0.2, 0.25) is 9.36 Å². The Labute approximate surface area is 213 Å². The molecule has 12 heteroatoms. The van der Waals surface area contributed by atoms with E-state index in [9.17, 15) is 14.4 Å². The number of methoxy groups -OCH3 is 1. The molecule has 0 fully saturated rings. The van der Waals surface area contributed by atoms with Crippen molar-refractivity contribution in [2.45, 2.75) is 19.5 Å². The summed E-state index contributed by atoms with van der Waals surface area (Å²) in [6, 6.07) is 6.36. The van der Waals surface area contributed by atoms with Crippen LogP contribution in [0.4, 0.5) is 5.69 Å². The van der Waals surface area contributed by atoms with Crippen molar-refractivity contribution in [1.29, 1.82) is 0 Å². The lowest BCUT2D eigenvalue weighted by molar-refractivity contribution is 0.0600. The van der Waals surface area contributed by atoms with Crippen molar-refractivity contribution in [3.63, 3.8) is 0 Å². The van der Waals surface area contributed by atoms with Crippen molar-refractivity contribution >= 4 is 69.3 Å². The first-order valence-corrected chi connectivity index (χ1v) is 12.6. The molecule has 0 saturated heterocycles. The number of ether oxygens (including phenoxy) is 1. The molecule has 1 aliphatic rings. The molecule has 8 nitrogen and oxygen atoms in total. The van der Waals surface area contributed by atoms with Crippen molar-refractivity contribution in [3.05, 3.63) is 65.2 Å². The number of nitrogens with one attached hydrogen (secondary N) is 2. The van der Waals surface area contributed by atoms with Gasteiger partial charge < -0.3 is 20.3 Å². The molecule has 0 aliphatic carbocycles. The molecule has 34 heavy (non-hydrogen) atoms. The van der Waals surface area contributed by atoms with E-state index in [1.165, 1.54) is 24.5 Å². The van der Waals surface area contributed by atoms with E-state index in [0.29, 0.717) is 19.8 Å².